The standard InChI is InChI=1S/C14H28N2O2/c1-4-13(2,3)16-12(18)10-15-14(11-17)8-6-5-7-9-14/h15,17H,4-11H2,1-3H3,(H,16,18). The van der Waals surface area contributed by atoms with Gasteiger partial charge in [0, 0.05) is 11.1 Å². The summed E-state index contributed by atoms with van der Waals surface area (Å²) in [6.45, 7) is 6.52. The molecule has 4 heteroatoms. The zero-order valence-corrected chi connectivity index (χ0v) is 12.0. The van der Waals surface area contributed by atoms with E-state index in [-0.39, 0.29) is 23.6 Å². The second-order valence-electron chi connectivity index (χ2n) is 6.14. The van der Waals surface area contributed by atoms with E-state index in [1.165, 1.54) is 6.42 Å². The van der Waals surface area contributed by atoms with Crippen molar-refractivity contribution in [2.45, 2.75) is 70.4 Å². The van der Waals surface area contributed by atoms with Gasteiger partial charge in [-0.1, -0.05) is 26.2 Å². The third-order valence-electron chi connectivity index (χ3n) is 4.10. The van der Waals surface area contributed by atoms with Crippen molar-refractivity contribution in [3.05, 3.63) is 0 Å². The van der Waals surface area contributed by atoms with Gasteiger partial charge in [0.15, 0.2) is 0 Å². The van der Waals surface area contributed by atoms with Crippen molar-refractivity contribution in [3.8, 4) is 0 Å². The molecule has 1 fully saturated rings. The molecule has 0 unspecified atom stereocenters. The fraction of sp³-hybridized carbons (Fsp3) is 0.929. The summed E-state index contributed by atoms with van der Waals surface area (Å²) in [6.07, 6.45) is 6.34. The molecular formula is C14H28N2O2. The summed E-state index contributed by atoms with van der Waals surface area (Å²) in [5, 5.41) is 15.8. The molecule has 1 rings (SSSR count). The lowest BCUT2D eigenvalue weighted by molar-refractivity contribution is -0.122. The molecule has 1 saturated carbocycles. The summed E-state index contributed by atoms with van der Waals surface area (Å²) in [4.78, 5) is 11.9. The molecule has 0 radical (unpaired) electrons. The second kappa shape index (κ2) is 6.53. The van der Waals surface area contributed by atoms with Crippen molar-refractivity contribution in [1.82, 2.24) is 10.6 Å². The summed E-state index contributed by atoms with van der Waals surface area (Å²) in [5.74, 6) is 0.0141. The first-order chi connectivity index (χ1) is 8.43. The predicted molar refractivity (Wildman–Crippen MR) is 73.4 cm³/mol. The van der Waals surface area contributed by atoms with E-state index in [9.17, 15) is 9.90 Å². The molecular weight excluding hydrogens is 228 g/mol. The summed E-state index contributed by atoms with van der Waals surface area (Å²) in [7, 11) is 0. The fourth-order valence-electron chi connectivity index (χ4n) is 2.40. The van der Waals surface area contributed by atoms with Crippen LogP contribution in [0.15, 0.2) is 0 Å². The molecule has 0 spiro atoms. The van der Waals surface area contributed by atoms with Gasteiger partial charge in [-0.25, -0.2) is 0 Å². The van der Waals surface area contributed by atoms with Gasteiger partial charge in [0.05, 0.1) is 13.2 Å². The maximum atomic E-state index is 11.9. The quantitative estimate of drug-likeness (QED) is 0.676. The van der Waals surface area contributed by atoms with Crippen LogP contribution in [0.25, 0.3) is 0 Å². The van der Waals surface area contributed by atoms with Gasteiger partial charge in [0.25, 0.3) is 0 Å². The minimum absolute atomic E-state index is 0.0141. The first-order valence-corrected chi connectivity index (χ1v) is 7.10. The number of rotatable bonds is 6. The van der Waals surface area contributed by atoms with Gasteiger partial charge in [-0.15, -0.1) is 0 Å². The Morgan fingerprint density at radius 2 is 1.89 bits per heavy atom. The van der Waals surface area contributed by atoms with E-state index in [0.29, 0.717) is 6.54 Å². The largest absolute Gasteiger partial charge is 0.394 e. The lowest BCUT2D eigenvalue weighted by atomic mass is 9.82. The number of amides is 1. The summed E-state index contributed by atoms with van der Waals surface area (Å²) in [6, 6.07) is 0. The van der Waals surface area contributed by atoms with E-state index < -0.39 is 0 Å². The van der Waals surface area contributed by atoms with Crippen LogP contribution >= 0.6 is 0 Å². The van der Waals surface area contributed by atoms with Crippen molar-refractivity contribution in [2.24, 2.45) is 0 Å². The smallest absolute Gasteiger partial charge is 0.234 e. The lowest BCUT2D eigenvalue weighted by Gasteiger charge is -2.37. The number of hydrogen-bond donors (Lipinski definition) is 3. The summed E-state index contributed by atoms with van der Waals surface area (Å²) < 4.78 is 0. The Labute approximate surface area is 111 Å². The van der Waals surface area contributed by atoms with Crippen LogP contribution in [0.1, 0.15) is 59.3 Å². The Hall–Kier alpha value is -0.610. The first kappa shape index (κ1) is 15.4. The van der Waals surface area contributed by atoms with Crippen molar-refractivity contribution < 1.29 is 9.90 Å². The van der Waals surface area contributed by atoms with Crippen LogP contribution < -0.4 is 10.6 Å². The van der Waals surface area contributed by atoms with E-state index in [4.69, 9.17) is 0 Å². The highest BCUT2D eigenvalue weighted by Gasteiger charge is 2.31. The molecule has 4 nitrogen and oxygen atoms in total. The van der Waals surface area contributed by atoms with Crippen LogP contribution in [0.2, 0.25) is 0 Å². The Morgan fingerprint density at radius 3 is 2.39 bits per heavy atom. The van der Waals surface area contributed by atoms with E-state index in [0.717, 1.165) is 32.1 Å². The highest BCUT2D eigenvalue weighted by molar-refractivity contribution is 5.78. The average molecular weight is 256 g/mol. The third-order valence-corrected chi connectivity index (χ3v) is 4.10. The molecule has 1 amide bonds. The molecule has 0 aromatic heterocycles. The number of aliphatic hydroxyl groups excluding tert-OH is 1. The van der Waals surface area contributed by atoms with Crippen LogP contribution in [0.4, 0.5) is 0 Å². The second-order valence-corrected chi connectivity index (χ2v) is 6.14. The molecule has 0 aliphatic heterocycles. The SMILES string of the molecule is CCC(C)(C)NC(=O)CNC1(CO)CCCCC1. The van der Waals surface area contributed by atoms with Crippen LogP contribution in [0.3, 0.4) is 0 Å². The summed E-state index contributed by atoms with van der Waals surface area (Å²) >= 11 is 0. The van der Waals surface area contributed by atoms with Crippen LogP contribution in [-0.4, -0.2) is 35.2 Å². The number of hydrogen-bond acceptors (Lipinski definition) is 3. The van der Waals surface area contributed by atoms with Gasteiger partial charge < -0.3 is 15.7 Å². The normalized spacial score (nSPS) is 19.6. The molecule has 0 atom stereocenters. The van der Waals surface area contributed by atoms with Gasteiger partial charge in [0.1, 0.15) is 0 Å². The maximum Gasteiger partial charge on any atom is 0.234 e. The number of nitrogens with one attached hydrogen (secondary N) is 2. The number of aliphatic hydroxyl groups is 1. The van der Waals surface area contributed by atoms with Crippen LogP contribution in [0, 0.1) is 0 Å². The summed E-state index contributed by atoms with van der Waals surface area (Å²) in [5.41, 5.74) is -0.385. The maximum absolute atomic E-state index is 11.9. The highest BCUT2D eigenvalue weighted by atomic mass is 16.3. The van der Waals surface area contributed by atoms with Crippen molar-refractivity contribution in [2.75, 3.05) is 13.2 Å². The predicted octanol–water partition coefficient (Wildman–Crippen LogP) is 1.58. The van der Waals surface area contributed by atoms with Crippen LogP contribution in [-0.2, 0) is 4.79 Å². The molecule has 3 N–H and O–H groups in total. The molecule has 1 aliphatic rings. The van der Waals surface area contributed by atoms with Gasteiger partial charge in [0.2, 0.25) is 5.91 Å². The lowest BCUT2D eigenvalue weighted by Crippen LogP contribution is -2.55. The Kier molecular flexibility index (Phi) is 5.60. The molecule has 0 aromatic carbocycles. The van der Waals surface area contributed by atoms with E-state index in [1.807, 2.05) is 13.8 Å². The Balaban J connectivity index is 2.40. The highest BCUT2D eigenvalue weighted by Crippen LogP contribution is 2.27. The van der Waals surface area contributed by atoms with Crippen LogP contribution in [0.5, 0.6) is 0 Å². The molecule has 18 heavy (non-hydrogen) atoms. The van der Waals surface area contributed by atoms with Crippen molar-refractivity contribution in [3.63, 3.8) is 0 Å². The molecule has 0 saturated heterocycles. The zero-order valence-electron chi connectivity index (χ0n) is 12.0. The number of carbonyl (C=O) groups excluding carboxylic acids is 1. The Morgan fingerprint density at radius 1 is 1.28 bits per heavy atom. The first-order valence-electron chi connectivity index (χ1n) is 7.10. The van der Waals surface area contributed by atoms with Gasteiger partial charge >= 0.3 is 0 Å². The van der Waals surface area contributed by atoms with Crippen molar-refractivity contribution in [1.29, 1.82) is 0 Å². The van der Waals surface area contributed by atoms with E-state index in [2.05, 4.69) is 17.6 Å². The molecule has 0 heterocycles. The van der Waals surface area contributed by atoms with Gasteiger partial charge in [-0.05, 0) is 33.1 Å². The van der Waals surface area contributed by atoms with Gasteiger partial charge in [-0.2, -0.15) is 0 Å². The third kappa shape index (κ3) is 4.58. The zero-order chi connectivity index (χ0) is 13.6. The monoisotopic (exact) mass is 256 g/mol. The molecule has 1 aliphatic carbocycles. The van der Waals surface area contributed by atoms with E-state index in [1.54, 1.807) is 0 Å². The molecule has 0 aromatic rings. The van der Waals surface area contributed by atoms with E-state index >= 15 is 0 Å². The molecule has 0 bridgehead atoms. The van der Waals surface area contributed by atoms with Gasteiger partial charge in [-0.3, -0.25) is 4.79 Å². The minimum atomic E-state index is -0.230. The fourth-order valence-corrected chi connectivity index (χ4v) is 2.40. The Bertz CT molecular complexity index is 271. The average Bonchev–Trinajstić information content (AvgIpc) is 2.37. The van der Waals surface area contributed by atoms with Crippen molar-refractivity contribution >= 4 is 5.91 Å². The minimum Gasteiger partial charge on any atom is -0.394 e. The topological polar surface area (TPSA) is 61.4 Å². The molecule has 106 valence electrons. The number of carbonyl (C=O) groups is 1.